The van der Waals surface area contributed by atoms with Crippen LogP contribution in [-0.2, 0) is 10.0 Å². The van der Waals surface area contributed by atoms with Gasteiger partial charge in [-0.3, -0.25) is 4.72 Å². The van der Waals surface area contributed by atoms with Gasteiger partial charge in [0.2, 0.25) is 10.0 Å². The van der Waals surface area contributed by atoms with Crippen molar-refractivity contribution in [1.29, 1.82) is 0 Å². The maximum absolute atomic E-state index is 11.6. The second-order valence-corrected chi connectivity index (χ2v) is 8.97. The van der Waals surface area contributed by atoms with Crippen LogP contribution in [0, 0.1) is 0 Å². The number of nitrogens with one attached hydrogen (secondary N) is 1. The largest absolute Gasteiger partial charge is 0.455 e. The molecular formula is C23H18N4O3S. The number of nitrogens with zero attached hydrogens (tertiary/aromatic N) is 2. The molecule has 0 saturated carbocycles. The van der Waals surface area contributed by atoms with Gasteiger partial charge in [0.15, 0.2) is 0 Å². The normalized spacial score (nSPS) is 11.8. The molecule has 3 N–H and O–H groups in total. The molecule has 2 heterocycles. The summed E-state index contributed by atoms with van der Waals surface area (Å²) in [5, 5.41) is 1.99. The van der Waals surface area contributed by atoms with Crippen LogP contribution in [0.4, 0.5) is 11.5 Å². The number of aromatic nitrogens is 2. The lowest BCUT2D eigenvalue weighted by atomic mass is 10.1. The van der Waals surface area contributed by atoms with Crippen LogP contribution in [0.1, 0.15) is 0 Å². The van der Waals surface area contributed by atoms with Crippen molar-refractivity contribution >= 4 is 43.5 Å². The molecule has 0 aliphatic heterocycles. The highest BCUT2D eigenvalue weighted by atomic mass is 32.2. The number of sulfonamides is 1. The first-order chi connectivity index (χ1) is 14.9. The predicted octanol–water partition coefficient (Wildman–Crippen LogP) is 4.66. The molecule has 31 heavy (non-hydrogen) atoms. The monoisotopic (exact) mass is 430 g/mol. The first kappa shape index (κ1) is 19.1. The molecular weight excluding hydrogens is 412 g/mol. The van der Waals surface area contributed by atoms with Gasteiger partial charge < -0.3 is 10.2 Å². The standard InChI is InChI=1S/C23H18N4O3S/c1-31(28,29)27-15-7-4-6-14(12-15)19-13-25-23(24)21(26-19)18-10-5-9-17-16-8-2-3-11-20(16)30-22(17)18/h2-13,27H,1H3,(H2,24,25). The van der Waals surface area contributed by atoms with E-state index < -0.39 is 10.0 Å². The summed E-state index contributed by atoms with van der Waals surface area (Å²) >= 11 is 0. The SMILES string of the molecule is CS(=O)(=O)Nc1cccc(-c2cnc(N)c(-c3cccc4c3oc3ccccc34)n2)c1. The minimum absolute atomic E-state index is 0.280. The number of nitrogens with two attached hydrogens (primary N) is 1. The summed E-state index contributed by atoms with van der Waals surface area (Å²) in [6.07, 6.45) is 2.67. The van der Waals surface area contributed by atoms with Gasteiger partial charge in [-0.2, -0.15) is 0 Å². The van der Waals surface area contributed by atoms with Gasteiger partial charge in [-0.15, -0.1) is 0 Å². The van der Waals surface area contributed by atoms with E-state index in [0.29, 0.717) is 28.2 Å². The number of para-hydroxylation sites is 2. The van der Waals surface area contributed by atoms with E-state index in [2.05, 4.69) is 9.71 Å². The zero-order valence-electron chi connectivity index (χ0n) is 16.5. The highest BCUT2D eigenvalue weighted by Gasteiger charge is 2.16. The number of fused-ring (bicyclic) bond motifs is 3. The third-order valence-electron chi connectivity index (χ3n) is 4.92. The van der Waals surface area contributed by atoms with E-state index in [1.54, 1.807) is 24.4 Å². The second kappa shape index (κ2) is 7.10. The zero-order chi connectivity index (χ0) is 21.6. The molecule has 3 aromatic carbocycles. The van der Waals surface area contributed by atoms with Crippen molar-refractivity contribution in [3.05, 3.63) is 72.9 Å². The maximum atomic E-state index is 11.6. The van der Waals surface area contributed by atoms with Gasteiger partial charge >= 0.3 is 0 Å². The van der Waals surface area contributed by atoms with Gasteiger partial charge in [0.25, 0.3) is 0 Å². The van der Waals surface area contributed by atoms with Gasteiger partial charge in [0.05, 0.1) is 18.1 Å². The number of furan rings is 1. The maximum Gasteiger partial charge on any atom is 0.229 e. The van der Waals surface area contributed by atoms with Crippen LogP contribution in [0.2, 0.25) is 0 Å². The van der Waals surface area contributed by atoms with E-state index >= 15 is 0 Å². The van der Waals surface area contributed by atoms with Crippen molar-refractivity contribution in [3.63, 3.8) is 0 Å². The third-order valence-corrected chi connectivity index (χ3v) is 5.53. The van der Waals surface area contributed by atoms with E-state index in [-0.39, 0.29) is 5.82 Å². The Bertz CT molecular complexity index is 1560. The van der Waals surface area contributed by atoms with E-state index in [4.69, 9.17) is 15.1 Å². The smallest absolute Gasteiger partial charge is 0.229 e. The van der Waals surface area contributed by atoms with Crippen LogP contribution in [0.15, 0.2) is 77.3 Å². The minimum Gasteiger partial charge on any atom is -0.455 e. The van der Waals surface area contributed by atoms with Crippen molar-refractivity contribution in [1.82, 2.24) is 9.97 Å². The highest BCUT2D eigenvalue weighted by Crippen LogP contribution is 2.37. The van der Waals surface area contributed by atoms with Crippen LogP contribution >= 0.6 is 0 Å². The third kappa shape index (κ3) is 3.57. The minimum atomic E-state index is -3.39. The Morgan fingerprint density at radius 1 is 0.968 bits per heavy atom. The van der Waals surface area contributed by atoms with Crippen molar-refractivity contribution in [2.45, 2.75) is 0 Å². The van der Waals surface area contributed by atoms with Crippen LogP contribution in [-0.4, -0.2) is 24.6 Å². The van der Waals surface area contributed by atoms with Crippen molar-refractivity contribution < 1.29 is 12.8 Å². The Morgan fingerprint density at radius 2 is 1.74 bits per heavy atom. The van der Waals surface area contributed by atoms with Crippen molar-refractivity contribution in [3.8, 4) is 22.5 Å². The Balaban J connectivity index is 1.66. The summed E-state index contributed by atoms with van der Waals surface area (Å²) < 4.78 is 31.7. The molecule has 8 heteroatoms. The fraction of sp³-hybridized carbons (Fsp3) is 0.0435. The summed E-state index contributed by atoms with van der Waals surface area (Å²) in [5.41, 5.74) is 10.6. The lowest BCUT2D eigenvalue weighted by Gasteiger charge is -2.09. The fourth-order valence-corrected chi connectivity index (χ4v) is 4.18. The van der Waals surface area contributed by atoms with Gasteiger partial charge in [-0.25, -0.2) is 18.4 Å². The number of hydrogen-bond acceptors (Lipinski definition) is 6. The lowest BCUT2D eigenvalue weighted by molar-refractivity contribution is 0.607. The molecule has 2 aromatic heterocycles. The molecule has 0 atom stereocenters. The van der Waals surface area contributed by atoms with E-state index in [1.165, 1.54) is 0 Å². The average Bonchev–Trinajstić information content (AvgIpc) is 3.12. The molecule has 0 amide bonds. The number of hydrogen-bond donors (Lipinski definition) is 2. The van der Waals surface area contributed by atoms with Crippen molar-refractivity contribution in [2.24, 2.45) is 0 Å². The summed E-state index contributed by atoms with van der Waals surface area (Å²) in [5.74, 6) is 0.280. The number of anilines is 2. The second-order valence-electron chi connectivity index (χ2n) is 7.22. The van der Waals surface area contributed by atoms with E-state index in [0.717, 1.165) is 28.2 Å². The summed E-state index contributed by atoms with van der Waals surface area (Å²) in [6, 6.07) is 20.6. The Morgan fingerprint density at radius 3 is 2.58 bits per heavy atom. The van der Waals surface area contributed by atoms with Gasteiger partial charge in [-0.1, -0.05) is 42.5 Å². The van der Waals surface area contributed by atoms with Gasteiger partial charge in [0, 0.05) is 27.6 Å². The number of rotatable bonds is 4. The average molecular weight is 430 g/mol. The Labute approximate surface area is 178 Å². The molecule has 0 radical (unpaired) electrons. The fourth-order valence-electron chi connectivity index (χ4n) is 3.63. The Kier molecular flexibility index (Phi) is 4.37. The van der Waals surface area contributed by atoms with E-state index in [1.807, 2.05) is 48.5 Å². The van der Waals surface area contributed by atoms with E-state index in [9.17, 15) is 8.42 Å². The highest BCUT2D eigenvalue weighted by molar-refractivity contribution is 7.92. The van der Waals surface area contributed by atoms with Crippen LogP contribution in [0.5, 0.6) is 0 Å². The molecule has 0 aliphatic carbocycles. The molecule has 0 spiro atoms. The van der Waals surface area contributed by atoms with Crippen LogP contribution in [0.25, 0.3) is 44.5 Å². The first-order valence-corrected chi connectivity index (χ1v) is 11.4. The lowest BCUT2D eigenvalue weighted by Crippen LogP contribution is -2.09. The van der Waals surface area contributed by atoms with Crippen LogP contribution in [0.3, 0.4) is 0 Å². The molecule has 0 unspecified atom stereocenters. The summed E-state index contributed by atoms with van der Waals surface area (Å²) in [4.78, 5) is 9.08. The van der Waals surface area contributed by atoms with Gasteiger partial charge in [-0.05, 0) is 24.3 Å². The summed E-state index contributed by atoms with van der Waals surface area (Å²) in [7, 11) is -3.39. The Hall–Kier alpha value is -3.91. The molecule has 0 saturated heterocycles. The molecule has 7 nitrogen and oxygen atoms in total. The molecule has 154 valence electrons. The predicted molar refractivity (Wildman–Crippen MR) is 123 cm³/mol. The molecule has 5 aromatic rings. The summed E-state index contributed by atoms with van der Waals surface area (Å²) in [6.45, 7) is 0. The molecule has 5 rings (SSSR count). The topological polar surface area (TPSA) is 111 Å². The quantitative estimate of drug-likeness (QED) is 0.429. The van der Waals surface area contributed by atoms with Crippen molar-refractivity contribution in [2.75, 3.05) is 16.7 Å². The number of benzene rings is 3. The number of nitrogen functional groups attached to an aromatic ring is 1. The molecule has 0 bridgehead atoms. The molecule has 0 aliphatic rings. The molecule has 0 fully saturated rings. The zero-order valence-corrected chi connectivity index (χ0v) is 17.3. The van der Waals surface area contributed by atoms with Gasteiger partial charge in [0.1, 0.15) is 22.7 Å². The first-order valence-electron chi connectivity index (χ1n) is 9.50. The van der Waals surface area contributed by atoms with Crippen LogP contribution < -0.4 is 10.5 Å².